The van der Waals surface area contributed by atoms with Gasteiger partial charge in [0.15, 0.2) is 0 Å². The molecule has 1 aromatic carbocycles. The van der Waals surface area contributed by atoms with Crippen LogP contribution < -0.4 is 10.1 Å². The Morgan fingerprint density at radius 3 is 2.36 bits per heavy atom. The number of hydrogen-bond donors (Lipinski definition) is 1. The summed E-state index contributed by atoms with van der Waals surface area (Å²) in [6, 6.07) is 7.58. The Bertz CT molecular complexity index is 907. The zero-order chi connectivity index (χ0) is 23.8. The minimum Gasteiger partial charge on any atom is -0.497 e. The van der Waals surface area contributed by atoms with Crippen molar-refractivity contribution in [2.24, 2.45) is 11.3 Å². The van der Waals surface area contributed by atoms with Crippen molar-refractivity contribution in [1.82, 2.24) is 20.0 Å². The summed E-state index contributed by atoms with van der Waals surface area (Å²) in [5.41, 5.74) is 0.306. The maximum Gasteiger partial charge on any atom is 0.325 e. The van der Waals surface area contributed by atoms with Crippen LogP contribution in [0.5, 0.6) is 5.75 Å². The van der Waals surface area contributed by atoms with Crippen LogP contribution in [0.1, 0.15) is 45.6 Å². The number of rotatable bonds is 5. The third-order valence-corrected chi connectivity index (χ3v) is 7.21. The lowest BCUT2D eigenvalue weighted by molar-refractivity contribution is -0.141. The zero-order valence-electron chi connectivity index (χ0n) is 20.2. The van der Waals surface area contributed by atoms with E-state index in [9.17, 15) is 14.4 Å². The molecule has 4 amide bonds. The van der Waals surface area contributed by atoms with Crippen molar-refractivity contribution in [2.75, 3.05) is 39.8 Å². The molecule has 1 aliphatic carbocycles. The third kappa shape index (κ3) is 5.00. The monoisotopic (exact) mass is 456 g/mol. The smallest absolute Gasteiger partial charge is 0.325 e. The molecule has 0 bridgehead atoms. The first kappa shape index (κ1) is 23.5. The van der Waals surface area contributed by atoms with Gasteiger partial charge in [-0.25, -0.2) is 4.79 Å². The molecule has 2 saturated heterocycles. The van der Waals surface area contributed by atoms with Gasteiger partial charge < -0.3 is 15.0 Å². The van der Waals surface area contributed by atoms with E-state index in [0.717, 1.165) is 36.7 Å². The predicted octanol–water partition coefficient (Wildman–Crippen LogP) is 2.48. The van der Waals surface area contributed by atoms with Crippen LogP contribution in [-0.2, 0) is 16.1 Å². The van der Waals surface area contributed by atoms with E-state index in [0.29, 0.717) is 31.8 Å². The Morgan fingerprint density at radius 2 is 1.76 bits per heavy atom. The van der Waals surface area contributed by atoms with Gasteiger partial charge in [0.25, 0.3) is 5.91 Å². The number of amides is 4. The number of imide groups is 1. The highest BCUT2D eigenvalue weighted by Crippen LogP contribution is 2.46. The second kappa shape index (κ2) is 8.97. The molecule has 0 radical (unpaired) electrons. The lowest BCUT2D eigenvalue weighted by Gasteiger charge is -2.43. The number of piperazine rings is 1. The van der Waals surface area contributed by atoms with Crippen LogP contribution in [0.2, 0.25) is 0 Å². The Hall–Kier alpha value is -2.61. The molecule has 2 aliphatic heterocycles. The Morgan fingerprint density at radius 1 is 1.09 bits per heavy atom. The van der Waals surface area contributed by atoms with Gasteiger partial charge in [-0.2, -0.15) is 0 Å². The van der Waals surface area contributed by atoms with Gasteiger partial charge in [0.1, 0.15) is 17.8 Å². The molecule has 8 nitrogen and oxygen atoms in total. The minimum atomic E-state index is -0.865. The van der Waals surface area contributed by atoms with Gasteiger partial charge in [0.2, 0.25) is 5.91 Å². The average Bonchev–Trinajstić information content (AvgIpc) is 2.96. The van der Waals surface area contributed by atoms with E-state index in [1.807, 2.05) is 12.1 Å². The number of carbonyl (C=O) groups excluding carboxylic acids is 3. The molecule has 180 valence electrons. The van der Waals surface area contributed by atoms with Crippen LogP contribution in [0.4, 0.5) is 4.79 Å². The number of methoxy groups -OCH3 is 1. The molecule has 2 heterocycles. The summed E-state index contributed by atoms with van der Waals surface area (Å²) in [5, 5.41) is 2.96. The molecule has 8 heteroatoms. The molecule has 33 heavy (non-hydrogen) atoms. The van der Waals surface area contributed by atoms with Gasteiger partial charge in [0.05, 0.1) is 7.11 Å². The topological polar surface area (TPSA) is 82.2 Å². The fraction of sp³-hybridized carbons (Fsp3) is 0.640. The van der Waals surface area contributed by atoms with Gasteiger partial charge in [0, 0.05) is 32.7 Å². The fourth-order valence-electron chi connectivity index (χ4n) is 6.03. The zero-order valence-corrected chi connectivity index (χ0v) is 20.2. The van der Waals surface area contributed by atoms with Crippen LogP contribution >= 0.6 is 0 Å². The molecule has 2 atom stereocenters. The molecule has 3 aliphatic rings. The van der Waals surface area contributed by atoms with Crippen LogP contribution in [-0.4, -0.2) is 77.9 Å². The summed E-state index contributed by atoms with van der Waals surface area (Å²) in [6.45, 7) is 9.74. The van der Waals surface area contributed by atoms with Crippen molar-refractivity contribution < 1.29 is 19.1 Å². The van der Waals surface area contributed by atoms with E-state index in [4.69, 9.17) is 4.74 Å². The molecule has 2 unspecified atom stereocenters. The van der Waals surface area contributed by atoms with Crippen LogP contribution in [0.25, 0.3) is 0 Å². The summed E-state index contributed by atoms with van der Waals surface area (Å²) >= 11 is 0. The number of ether oxygens (including phenoxy) is 1. The first-order valence-electron chi connectivity index (χ1n) is 11.9. The number of benzene rings is 1. The van der Waals surface area contributed by atoms with Crippen molar-refractivity contribution in [3.05, 3.63) is 29.8 Å². The maximum atomic E-state index is 13.3. The Labute approximate surface area is 196 Å². The number of nitrogens with zero attached hydrogens (tertiary/aromatic N) is 3. The number of carbonyl (C=O) groups is 3. The van der Waals surface area contributed by atoms with Crippen molar-refractivity contribution >= 4 is 17.8 Å². The second-order valence-corrected chi connectivity index (χ2v) is 10.8. The lowest BCUT2D eigenvalue weighted by atomic mass is 9.64. The van der Waals surface area contributed by atoms with E-state index in [1.54, 1.807) is 12.0 Å². The van der Waals surface area contributed by atoms with Crippen molar-refractivity contribution in [3.8, 4) is 5.75 Å². The van der Waals surface area contributed by atoms with Crippen molar-refractivity contribution in [2.45, 2.75) is 52.1 Å². The third-order valence-electron chi connectivity index (χ3n) is 7.21. The summed E-state index contributed by atoms with van der Waals surface area (Å²) in [5.74, 6) is 0.775. The van der Waals surface area contributed by atoms with E-state index in [2.05, 4.69) is 43.1 Å². The highest BCUT2D eigenvalue weighted by molar-refractivity contribution is 6.09. The van der Waals surface area contributed by atoms with Crippen LogP contribution in [0, 0.1) is 11.3 Å². The number of urea groups is 1. The van der Waals surface area contributed by atoms with Gasteiger partial charge in [-0.1, -0.05) is 32.9 Å². The van der Waals surface area contributed by atoms with E-state index in [-0.39, 0.29) is 23.8 Å². The maximum absolute atomic E-state index is 13.3. The molecule has 3 fully saturated rings. The van der Waals surface area contributed by atoms with Crippen LogP contribution in [0.15, 0.2) is 24.3 Å². The van der Waals surface area contributed by atoms with E-state index in [1.165, 1.54) is 5.56 Å². The highest BCUT2D eigenvalue weighted by atomic mass is 16.5. The Balaban J connectivity index is 1.31. The molecule has 1 aromatic rings. The van der Waals surface area contributed by atoms with Gasteiger partial charge in [-0.05, 0) is 48.3 Å². The van der Waals surface area contributed by atoms with Crippen molar-refractivity contribution in [1.29, 1.82) is 0 Å². The summed E-state index contributed by atoms with van der Waals surface area (Å²) < 4.78 is 5.21. The Kier molecular flexibility index (Phi) is 6.40. The standard InChI is InChI=1S/C25H36N4O4/c1-18-13-24(2,3)17-25(14-18)22(31)29(23(32)26-25)16-21(30)28-11-9-27(10-12-28)15-19-5-7-20(33-4)8-6-19/h5-8,18H,9-17H2,1-4H3,(H,26,32). The molecular weight excluding hydrogens is 420 g/mol. The number of hydrogen-bond acceptors (Lipinski definition) is 5. The van der Waals surface area contributed by atoms with Crippen molar-refractivity contribution in [3.63, 3.8) is 0 Å². The quantitative estimate of drug-likeness (QED) is 0.689. The first-order valence-corrected chi connectivity index (χ1v) is 11.9. The highest BCUT2D eigenvalue weighted by Gasteiger charge is 2.56. The molecule has 0 aromatic heterocycles. The molecule has 1 spiro atoms. The van der Waals surface area contributed by atoms with Gasteiger partial charge in [-0.3, -0.25) is 19.4 Å². The van der Waals surface area contributed by atoms with E-state index >= 15 is 0 Å². The normalized spacial score (nSPS) is 27.7. The van der Waals surface area contributed by atoms with Gasteiger partial charge in [-0.15, -0.1) is 0 Å². The molecule has 4 rings (SSSR count). The summed E-state index contributed by atoms with van der Waals surface area (Å²) in [4.78, 5) is 44.2. The number of nitrogens with one attached hydrogen (secondary N) is 1. The lowest BCUT2D eigenvalue weighted by Crippen LogP contribution is -2.55. The summed E-state index contributed by atoms with van der Waals surface area (Å²) in [7, 11) is 1.65. The average molecular weight is 457 g/mol. The second-order valence-electron chi connectivity index (χ2n) is 10.8. The van der Waals surface area contributed by atoms with E-state index < -0.39 is 11.6 Å². The molecular formula is C25H36N4O4. The summed E-state index contributed by atoms with van der Waals surface area (Å²) in [6.07, 6.45) is 2.27. The molecule has 1 N–H and O–H groups in total. The fourth-order valence-corrected chi connectivity index (χ4v) is 6.03. The predicted molar refractivity (Wildman–Crippen MR) is 125 cm³/mol. The van der Waals surface area contributed by atoms with Crippen LogP contribution in [0.3, 0.4) is 0 Å². The SMILES string of the molecule is COc1ccc(CN2CCN(C(=O)CN3C(=O)NC4(CC(C)CC(C)(C)C4)C3=O)CC2)cc1. The first-order chi connectivity index (χ1) is 15.6. The minimum absolute atomic E-state index is 0.0269. The van der Waals surface area contributed by atoms with Gasteiger partial charge >= 0.3 is 6.03 Å². The molecule has 1 saturated carbocycles. The largest absolute Gasteiger partial charge is 0.497 e.